The van der Waals surface area contributed by atoms with Gasteiger partial charge in [-0.05, 0) is 19.3 Å². The highest BCUT2D eigenvalue weighted by Gasteiger charge is 2.32. The number of hydrogen-bond donors (Lipinski definition) is 0. The highest BCUT2D eigenvalue weighted by molar-refractivity contribution is 6.99. The van der Waals surface area contributed by atoms with Crippen LogP contribution in [0.15, 0.2) is 6.08 Å². The predicted octanol–water partition coefficient (Wildman–Crippen LogP) is 5.49. The van der Waals surface area contributed by atoms with Gasteiger partial charge in [0.1, 0.15) is 25.5 Å². The number of likely N-dealkylation sites (N-methyl/N-ethyl adjacent to an activating group) is 1. The molecule has 46 heavy (non-hydrogen) atoms. The van der Waals surface area contributed by atoms with E-state index in [0.29, 0.717) is 36.7 Å². The number of esters is 2. The molecule has 1 aromatic heterocycles. The number of carbonyl (C=O) groups is 4. The summed E-state index contributed by atoms with van der Waals surface area (Å²) in [6.07, 6.45) is 13.0. The molecule has 0 radical (unpaired) electrons. The lowest BCUT2D eigenvalue weighted by atomic mass is 9.99. The average molecular weight is 669 g/mol. The second-order valence-corrected chi connectivity index (χ2v) is 13.0. The third-order valence-electron chi connectivity index (χ3n) is 8.19. The lowest BCUT2D eigenvalue weighted by Crippen LogP contribution is -2.49. The van der Waals surface area contributed by atoms with E-state index in [9.17, 15) is 19.2 Å². The lowest BCUT2D eigenvalue weighted by Gasteiger charge is -2.36. The molecular formula is C33H54N3O9S+. The van der Waals surface area contributed by atoms with Gasteiger partial charge in [-0.3, -0.25) is 23.7 Å². The maximum Gasteiger partial charge on any atom is 0.312 e. The monoisotopic (exact) mass is 668 g/mol. The first-order valence-corrected chi connectivity index (χ1v) is 17.4. The van der Waals surface area contributed by atoms with Crippen LogP contribution >= 0.6 is 11.7 Å². The SMILES string of the molecule is CCCCCCOc1nsnc1C1=CCC[N+](C)(COC(=O)C(C)CCCCCCCC(C)C(=O)OC(COC=O)COC=O)C1. The lowest BCUT2D eigenvalue weighted by molar-refractivity contribution is -0.919. The summed E-state index contributed by atoms with van der Waals surface area (Å²) in [6, 6.07) is 0. The van der Waals surface area contributed by atoms with E-state index < -0.39 is 12.1 Å². The first-order chi connectivity index (χ1) is 22.2. The Labute approximate surface area is 278 Å². The van der Waals surface area contributed by atoms with E-state index in [0.717, 1.165) is 75.6 Å². The maximum absolute atomic E-state index is 12.8. The van der Waals surface area contributed by atoms with Gasteiger partial charge < -0.3 is 23.7 Å². The molecule has 0 aromatic carbocycles. The molecule has 1 aliphatic rings. The summed E-state index contributed by atoms with van der Waals surface area (Å²) in [6.45, 7) is 8.63. The van der Waals surface area contributed by atoms with Gasteiger partial charge in [-0.1, -0.05) is 78.2 Å². The van der Waals surface area contributed by atoms with Gasteiger partial charge in [-0.15, -0.1) is 4.37 Å². The number of nitrogens with zero attached hydrogens (tertiary/aromatic N) is 3. The van der Waals surface area contributed by atoms with Gasteiger partial charge in [-0.2, -0.15) is 4.37 Å². The molecule has 3 atom stereocenters. The van der Waals surface area contributed by atoms with Gasteiger partial charge in [0.15, 0.2) is 6.10 Å². The highest BCUT2D eigenvalue weighted by Crippen LogP contribution is 2.30. The molecule has 0 amide bonds. The quantitative estimate of drug-likeness (QED) is 0.0407. The molecule has 0 N–H and O–H groups in total. The molecule has 0 saturated carbocycles. The fourth-order valence-corrected chi connectivity index (χ4v) is 5.81. The van der Waals surface area contributed by atoms with Gasteiger partial charge in [0.05, 0.1) is 43.8 Å². The minimum absolute atomic E-state index is 0.162. The number of carbonyl (C=O) groups excluding carboxylic acids is 4. The number of hydrogen-bond acceptors (Lipinski definition) is 12. The molecule has 0 saturated heterocycles. The van der Waals surface area contributed by atoms with Crippen LogP contribution < -0.4 is 4.74 Å². The summed E-state index contributed by atoms with van der Waals surface area (Å²) in [4.78, 5) is 46.0. The number of ether oxygens (including phenoxy) is 5. The zero-order valence-electron chi connectivity index (χ0n) is 28.1. The van der Waals surface area contributed by atoms with Crippen LogP contribution in [-0.2, 0) is 38.1 Å². The van der Waals surface area contributed by atoms with E-state index in [-0.39, 0.29) is 44.0 Å². The molecule has 0 spiro atoms. The van der Waals surface area contributed by atoms with Crippen molar-refractivity contribution in [2.24, 2.45) is 11.8 Å². The molecule has 2 heterocycles. The second-order valence-electron chi connectivity index (χ2n) is 12.5. The summed E-state index contributed by atoms with van der Waals surface area (Å²) in [5.74, 6) is -0.463. The van der Waals surface area contributed by atoms with Crippen LogP contribution in [0.1, 0.15) is 104 Å². The Hall–Kier alpha value is -3.06. The van der Waals surface area contributed by atoms with Gasteiger partial charge in [-0.25, -0.2) is 0 Å². The zero-order valence-corrected chi connectivity index (χ0v) is 28.9. The van der Waals surface area contributed by atoms with E-state index in [1.807, 2.05) is 6.92 Å². The normalized spacial score (nSPS) is 17.5. The van der Waals surface area contributed by atoms with Crippen molar-refractivity contribution in [3.63, 3.8) is 0 Å². The number of quaternary nitrogens is 1. The molecule has 2 rings (SSSR count). The molecule has 260 valence electrons. The molecule has 0 bridgehead atoms. The second kappa shape index (κ2) is 22.5. The molecule has 3 unspecified atom stereocenters. The van der Waals surface area contributed by atoms with Crippen LogP contribution in [-0.4, -0.2) is 90.9 Å². The topological polar surface area (TPSA) is 140 Å². The molecule has 0 aliphatic carbocycles. The third-order valence-corrected chi connectivity index (χ3v) is 8.70. The van der Waals surface area contributed by atoms with Gasteiger partial charge in [0.2, 0.25) is 6.73 Å². The summed E-state index contributed by atoms with van der Waals surface area (Å²) in [5, 5.41) is 0. The smallest absolute Gasteiger partial charge is 0.312 e. The fourth-order valence-electron chi connectivity index (χ4n) is 5.27. The zero-order chi connectivity index (χ0) is 33.6. The Morgan fingerprint density at radius 2 is 1.54 bits per heavy atom. The summed E-state index contributed by atoms with van der Waals surface area (Å²) >= 11 is 1.17. The van der Waals surface area contributed by atoms with Crippen LogP contribution in [0.5, 0.6) is 5.88 Å². The third kappa shape index (κ3) is 15.0. The van der Waals surface area contributed by atoms with E-state index in [2.05, 4.69) is 38.3 Å². The van der Waals surface area contributed by atoms with Crippen molar-refractivity contribution in [2.75, 3.05) is 46.7 Å². The van der Waals surface area contributed by atoms with Crippen molar-refractivity contribution in [3.05, 3.63) is 11.8 Å². The number of unbranched alkanes of at least 4 members (excludes halogenated alkanes) is 7. The van der Waals surface area contributed by atoms with Crippen molar-refractivity contribution >= 4 is 42.2 Å². The van der Waals surface area contributed by atoms with Gasteiger partial charge in [0, 0.05) is 12.0 Å². The molecule has 13 heteroatoms. The average Bonchev–Trinajstić information content (AvgIpc) is 3.52. The summed E-state index contributed by atoms with van der Waals surface area (Å²) in [7, 11) is 2.11. The summed E-state index contributed by atoms with van der Waals surface area (Å²) < 4.78 is 35.8. The van der Waals surface area contributed by atoms with E-state index in [1.54, 1.807) is 6.92 Å². The highest BCUT2D eigenvalue weighted by atomic mass is 32.1. The van der Waals surface area contributed by atoms with Crippen LogP contribution in [0.3, 0.4) is 0 Å². The Bertz CT molecular complexity index is 1070. The van der Waals surface area contributed by atoms with Crippen LogP contribution in [0, 0.1) is 11.8 Å². The Morgan fingerprint density at radius 1 is 0.913 bits per heavy atom. The largest absolute Gasteiger partial charge is 0.475 e. The van der Waals surface area contributed by atoms with Gasteiger partial charge in [0.25, 0.3) is 18.8 Å². The standard InChI is InChI=1S/C33H54N3O9S/c1-5-6-7-13-19-43-31-30(34-46-35-31)28-17-14-18-36(4,20-28)23-44-32(39)26(2)15-11-9-8-10-12-16-27(3)33(40)45-29(21-41-24-37)22-42-25-38/h17,24-27,29H,5-16,18-23H2,1-4H3/q+1. The Kier molecular flexibility index (Phi) is 19.1. The summed E-state index contributed by atoms with van der Waals surface area (Å²) in [5.41, 5.74) is 1.91. The molecule has 1 aliphatic heterocycles. The van der Waals surface area contributed by atoms with E-state index >= 15 is 0 Å². The van der Waals surface area contributed by atoms with Crippen LogP contribution in [0.25, 0.3) is 5.57 Å². The molecule has 1 aromatic rings. The van der Waals surface area contributed by atoms with Crippen LogP contribution in [0.2, 0.25) is 0 Å². The predicted molar refractivity (Wildman–Crippen MR) is 174 cm³/mol. The van der Waals surface area contributed by atoms with Gasteiger partial charge >= 0.3 is 11.9 Å². The number of aromatic nitrogens is 2. The van der Waals surface area contributed by atoms with Crippen molar-refractivity contribution in [1.82, 2.24) is 8.75 Å². The fraction of sp³-hybridized carbons (Fsp3) is 0.758. The van der Waals surface area contributed by atoms with Crippen molar-refractivity contribution < 1.29 is 47.3 Å². The first-order valence-electron chi connectivity index (χ1n) is 16.7. The maximum atomic E-state index is 12.8. The molecule has 12 nitrogen and oxygen atoms in total. The molecule has 0 fully saturated rings. The van der Waals surface area contributed by atoms with Crippen LogP contribution in [0.4, 0.5) is 0 Å². The Balaban J connectivity index is 1.63. The van der Waals surface area contributed by atoms with Crippen molar-refractivity contribution in [2.45, 2.75) is 104 Å². The van der Waals surface area contributed by atoms with Crippen molar-refractivity contribution in [1.29, 1.82) is 0 Å². The first kappa shape index (κ1) is 39.1. The number of rotatable bonds is 26. The Morgan fingerprint density at radius 3 is 2.20 bits per heavy atom. The van der Waals surface area contributed by atoms with E-state index in [1.165, 1.54) is 24.6 Å². The van der Waals surface area contributed by atoms with Crippen molar-refractivity contribution in [3.8, 4) is 5.88 Å². The minimum atomic E-state index is -0.822. The molecular weight excluding hydrogens is 614 g/mol. The van der Waals surface area contributed by atoms with E-state index in [4.69, 9.17) is 14.2 Å². The minimum Gasteiger partial charge on any atom is -0.475 e.